The van der Waals surface area contributed by atoms with E-state index < -0.39 is 11.5 Å². The van der Waals surface area contributed by atoms with Gasteiger partial charge in [-0.1, -0.05) is 6.42 Å². The van der Waals surface area contributed by atoms with Gasteiger partial charge in [-0.3, -0.25) is 24.1 Å². The van der Waals surface area contributed by atoms with Crippen molar-refractivity contribution in [1.29, 1.82) is 0 Å². The Bertz CT molecular complexity index is 516. The van der Waals surface area contributed by atoms with Crippen LogP contribution >= 0.6 is 0 Å². The first-order chi connectivity index (χ1) is 11.1. The Balaban J connectivity index is 2.33. The lowest BCUT2D eigenvalue weighted by atomic mass is 10.0. The van der Waals surface area contributed by atoms with Crippen molar-refractivity contribution in [2.75, 3.05) is 13.1 Å². The summed E-state index contributed by atoms with van der Waals surface area (Å²) in [5.74, 6) is -1.57. The summed E-state index contributed by atoms with van der Waals surface area (Å²) in [6.07, 6.45) is 4.79. The maximum Gasteiger partial charge on any atom is 0.305 e. The van der Waals surface area contributed by atoms with Crippen molar-refractivity contribution in [3.05, 3.63) is 12.2 Å². The molecule has 0 saturated carbocycles. The lowest BCUT2D eigenvalue weighted by Gasteiger charge is -2.35. The fraction of sp³-hybridized carbons (Fsp3) is 0.647. The molecule has 0 aromatic rings. The lowest BCUT2D eigenvalue weighted by molar-refractivity contribution is -0.141. The number of carbonyl (C=O) groups excluding carboxylic acids is 3. The smallest absolute Gasteiger partial charge is 0.305 e. The highest BCUT2D eigenvalue weighted by atomic mass is 16.4. The molecular formula is C17H26N2O5. The fourth-order valence-electron chi connectivity index (χ4n) is 2.55. The van der Waals surface area contributed by atoms with E-state index in [9.17, 15) is 19.2 Å². The van der Waals surface area contributed by atoms with Crippen molar-refractivity contribution in [1.82, 2.24) is 9.80 Å². The molecule has 1 heterocycles. The Hall–Kier alpha value is -2.18. The molecule has 0 bridgehead atoms. The molecule has 1 rings (SSSR count). The van der Waals surface area contributed by atoms with Crippen molar-refractivity contribution < 1.29 is 24.3 Å². The van der Waals surface area contributed by atoms with E-state index in [4.69, 9.17) is 5.11 Å². The Morgan fingerprint density at radius 3 is 2.12 bits per heavy atom. The summed E-state index contributed by atoms with van der Waals surface area (Å²) in [6, 6.07) is 0. The second kappa shape index (κ2) is 8.61. The average Bonchev–Trinajstić information content (AvgIpc) is 2.76. The maximum atomic E-state index is 12.3. The van der Waals surface area contributed by atoms with Gasteiger partial charge in [0.1, 0.15) is 0 Å². The summed E-state index contributed by atoms with van der Waals surface area (Å²) in [4.78, 5) is 48.6. The number of imide groups is 1. The van der Waals surface area contributed by atoms with Crippen LogP contribution in [0.25, 0.3) is 0 Å². The first-order valence-electron chi connectivity index (χ1n) is 8.18. The molecule has 0 spiro atoms. The predicted molar refractivity (Wildman–Crippen MR) is 88.0 cm³/mol. The largest absolute Gasteiger partial charge is 0.481 e. The number of carbonyl (C=O) groups is 4. The van der Waals surface area contributed by atoms with E-state index in [0.29, 0.717) is 25.8 Å². The van der Waals surface area contributed by atoms with Crippen LogP contribution in [0.3, 0.4) is 0 Å². The molecule has 0 unspecified atom stereocenters. The van der Waals surface area contributed by atoms with Crippen LogP contribution in [0.5, 0.6) is 0 Å². The van der Waals surface area contributed by atoms with Gasteiger partial charge in [0.15, 0.2) is 0 Å². The van der Waals surface area contributed by atoms with Crippen LogP contribution in [0.2, 0.25) is 0 Å². The van der Waals surface area contributed by atoms with Crippen molar-refractivity contribution in [3.8, 4) is 0 Å². The van der Waals surface area contributed by atoms with Gasteiger partial charge in [0.25, 0.3) is 11.8 Å². The van der Waals surface area contributed by atoms with E-state index in [2.05, 4.69) is 0 Å². The van der Waals surface area contributed by atoms with Crippen molar-refractivity contribution in [2.45, 2.75) is 58.4 Å². The minimum atomic E-state index is -0.925. The number of hydrogen-bond acceptors (Lipinski definition) is 4. The topological polar surface area (TPSA) is 95.0 Å². The second-order valence-corrected chi connectivity index (χ2v) is 6.83. The normalized spacial score (nSPS) is 14.4. The molecule has 0 aliphatic carbocycles. The molecule has 7 nitrogen and oxygen atoms in total. The van der Waals surface area contributed by atoms with Gasteiger partial charge in [-0.15, -0.1) is 0 Å². The molecule has 1 N–H and O–H groups in total. The van der Waals surface area contributed by atoms with E-state index in [1.807, 2.05) is 20.8 Å². The zero-order valence-corrected chi connectivity index (χ0v) is 14.6. The molecule has 3 amide bonds. The van der Waals surface area contributed by atoms with Crippen LogP contribution in [-0.4, -0.2) is 57.2 Å². The van der Waals surface area contributed by atoms with Gasteiger partial charge in [0, 0.05) is 37.2 Å². The predicted octanol–water partition coefficient (Wildman–Crippen LogP) is 1.57. The number of carboxylic acids is 1. The molecule has 0 aromatic carbocycles. The van der Waals surface area contributed by atoms with Crippen molar-refractivity contribution in [3.63, 3.8) is 0 Å². The monoisotopic (exact) mass is 338 g/mol. The van der Waals surface area contributed by atoms with Gasteiger partial charge >= 0.3 is 5.97 Å². The Kier molecular flexibility index (Phi) is 7.13. The van der Waals surface area contributed by atoms with E-state index in [1.165, 1.54) is 17.1 Å². The first-order valence-corrected chi connectivity index (χ1v) is 8.18. The highest BCUT2D eigenvalue weighted by Gasteiger charge is 2.26. The van der Waals surface area contributed by atoms with E-state index >= 15 is 0 Å². The van der Waals surface area contributed by atoms with Crippen LogP contribution in [0.4, 0.5) is 0 Å². The van der Waals surface area contributed by atoms with E-state index in [0.717, 1.165) is 6.42 Å². The lowest BCUT2D eigenvalue weighted by Crippen LogP contribution is -2.46. The summed E-state index contributed by atoms with van der Waals surface area (Å²) < 4.78 is 0. The van der Waals surface area contributed by atoms with Crippen molar-refractivity contribution in [2.24, 2.45) is 0 Å². The number of amides is 3. The Morgan fingerprint density at radius 1 is 1.04 bits per heavy atom. The van der Waals surface area contributed by atoms with Gasteiger partial charge in [0.2, 0.25) is 5.91 Å². The number of unbranched alkanes of at least 4 members (excludes halogenated alkanes) is 2. The number of carboxylic acid groups (broad SMARTS) is 1. The van der Waals surface area contributed by atoms with Gasteiger partial charge in [-0.05, 0) is 33.6 Å². The third kappa shape index (κ3) is 6.14. The summed E-state index contributed by atoms with van der Waals surface area (Å²) in [5, 5.41) is 8.80. The van der Waals surface area contributed by atoms with Crippen LogP contribution < -0.4 is 0 Å². The zero-order valence-electron chi connectivity index (χ0n) is 14.6. The summed E-state index contributed by atoms with van der Waals surface area (Å²) in [6.45, 7) is 6.19. The van der Waals surface area contributed by atoms with Crippen molar-refractivity contribution >= 4 is 23.7 Å². The van der Waals surface area contributed by atoms with Crippen LogP contribution in [0, 0.1) is 0 Å². The molecule has 1 aliphatic rings. The molecule has 0 aromatic heterocycles. The van der Waals surface area contributed by atoms with Crippen LogP contribution in [0.15, 0.2) is 12.2 Å². The van der Waals surface area contributed by atoms with Gasteiger partial charge in [0.05, 0.1) is 6.42 Å². The standard InChI is InChI=1S/C17H26N2O5/c1-17(2,3)19(12-10-16(23)24)15(22)7-5-4-6-11-18-13(20)8-9-14(18)21/h8-9H,4-7,10-12H2,1-3H3,(H,23,24). The summed E-state index contributed by atoms with van der Waals surface area (Å²) in [5.41, 5.74) is -0.424. The molecule has 1 aliphatic heterocycles. The zero-order chi connectivity index (χ0) is 18.3. The van der Waals surface area contributed by atoms with E-state index in [-0.39, 0.29) is 30.7 Å². The quantitative estimate of drug-likeness (QED) is 0.509. The van der Waals surface area contributed by atoms with Gasteiger partial charge < -0.3 is 10.0 Å². The maximum absolute atomic E-state index is 12.3. The molecule has 24 heavy (non-hydrogen) atoms. The Morgan fingerprint density at radius 2 is 1.62 bits per heavy atom. The highest BCUT2D eigenvalue weighted by molar-refractivity contribution is 6.12. The number of hydrogen-bond donors (Lipinski definition) is 1. The first kappa shape index (κ1) is 19.9. The van der Waals surface area contributed by atoms with Gasteiger partial charge in [-0.2, -0.15) is 0 Å². The molecule has 0 radical (unpaired) electrons. The molecule has 7 heteroatoms. The minimum Gasteiger partial charge on any atom is -0.481 e. The molecule has 0 saturated heterocycles. The number of rotatable bonds is 9. The van der Waals surface area contributed by atoms with E-state index in [1.54, 1.807) is 4.90 Å². The number of aliphatic carboxylic acids is 1. The Labute approximate surface area is 142 Å². The second-order valence-electron chi connectivity index (χ2n) is 6.83. The summed E-state index contributed by atoms with van der Waals surface area (Å²) >= 11 is 0. The fourth-order valence-corrected chi connectivity index (χ4v) is 2.55. The summed E-state index contributed by atoms with van der Waals surface area (Å²) in [7, 11) is 0. The molecule has 134 valence electrons. The van der Waals surface area contributed by atoms with Crippen LogP contribution in [0.1, 0.15) is 52.9 Å². The average molecular weight is 338 g/mol. The number of nitrogens with zero attached hydrogens (tertiary/aromatic N) is 2. The molecule has 0 atom stereocenters. The van der Waals surface area contributed by atoms with Crippen LogP contribution in [-0.2, 0) is 19.2 Å². The van der Waals surface area contributed by atoms with Gasteiger partial charge in [-0.25, -0.2) is 0 Å². The third-order valence-corrected chi connectivity index (χ3v) is 3.83. The highest BCUT2D eigenvalue weighted by Crippen LogP contribution is 2.17. The minimum absolute atomic E-state index is 0.0706. The SMILES string of the molecule is CC(C)(C)N(CCC(=O)O)C(=O)CCCCCN1C(=O)C=CC1=O. The third-order valence-electron chi connectivity index (χ3n) is 3.83. The molecule has 0 fully saturated rings. The molecular weight excluding hydrogens is 312 g/mol.